The lowest BCUT2D eigenvalue weighted by Crippen LogP contribution is -2.33. The maximum atomic E-state index is 11.4. The van der Waals surface area contributed by atoms with Gasteiger partial charge < -0.3 is 15.5 Å². The van der Waals surface area contributed by atoms with Gasteiger partial charge in [-0.3, -0.25) is 9.78 Å². The van der Waals surface area contributed by atoms with E-state index >= 15 is 0 Å². The van der Waals surface area contributed by atoms with E-state index in [1.807, 2.05) is 17.2 Å². The number of amides is 1. The van der Waals surface area contributed by atoms with Gasteiger partial charge in [-0.1, -0.05) is 6.92 Å². The molecular weight excluding hydrogens is 252 g/mol. The zero-order valence-corrected chi connectivity index (χ0v) is 12.4. The van der Waals surface area contributed by atoms with Crippen molar-refractivity contribution in [2.24, 2.45) is 5.73 Å². The van der Waals surface area contributed by atoms with E-state index in [1.165, 1.54) is 0 Å². The van der Waals surface area contributed by atoms with Crippen molar-refractivity contribution >= 4 is 11.6 Å². The summed E-state index contributed by atoms with van der Waals surface area (Å²) in [7, 11) is 0. The van der Waals surface area contributed by atoms with Crippen LogP contribution in [0, 0.1) is 0 Å². The maximum Gasteiger partial charge on any atom is 0.219 e. The molecule has 1 saturated heterocycles. The topological polar surface area (TPSA) is 62.5 Å². The molecule has 110 valence electrons. The first kappa shape index (κ1) is 14.8. The molecule has 0 aromatic carbocycles. The van der Waals surface area contributed by atoms with E-state index in [1.54, 1.807) is 6.92 Å². The molecule has 2 N–H and O–H groups in total. The molecule has 1 unspecified atom stereocenters. The SMILES string of the molecule is CCC(N)c1ccc(N2CCCN(C(C)=O)CC2)cn1. The first-order valence-corrected chi connectivity index (χ1v) is 7.33. The van der Waals surface area contributed by atoms with Gasteiger partial charge in [-0.2, -0.15) is 0 Å². The Hall–Kier alpha value is -1.62. The first-order valence-electron chi connectivity index (χ1n) is 7.33. The van der Waals surface area contributed by atoms with E-state index in [2.05, 4.69) is 22.9 Å². The summed E-state index contributed by atoms with van der Waals surface area (Å²) in [6.07, 6.45) is 3.79. The molecule has 0 saturated carbocycles. The molecule has 1 aromatic heterocycles. The molecule has 0 spiro atoms. The minimum atomic E-state index is 0.0152. The Morgan fingerprint density at radius 2 is 2.15 bits per heavy atom. The summed E-state index contributed by atoms with van der Waals surface area (Å²) in [5.74, 6) is 0.161. The van der Waals surface area contributed by atoms with E-state index in [0.717, 1.165) is 50.4 Å². The van der Waals surface area contributed by atoms with Crippen molar-refractivity contribution in [2.45, 2.75) is 32.7 Å². The average Bonchev–Trinajstić information content (AvgIpc) is 2.72. The van der Waals surface area contributed by atoms with Crippen molar-refractivity contribution < 1.29 is 4.79 Å². The van der Waals surface area contributed by atoms with Crippen LogP contribution < -0.4 is 10.6 Å². The van der Waals surface area contributed by atoms with Crippen LogP contribution in [0.5, 0.6) is 0 Å². The second kappa shape index (κ2) is 6.70. The number of rotatable bonds is 3. The van der Waals surface area contributed by atoms with Gasteiger partial charge in [0.1, 0.15) is 0 Å². The second-order valence-corrected chi connectivity index (χ2v) is 5.30. The van der Waals surface area contributed by atoms with Gasteiger partial charge in [0.15, 0.2) is 0 Å². The number of hydrogen-bond donors (Lipinski definition) is 1. The smallest absolute Gasteiger partial charge is 0.219 e. The van der Waals surface area contributed by atoms with Crippen LogP contribution in [0.4, 0.5) is 5.69 Å². The molecule has 5 nitrogen and oxygen atoms in total. The predicted octanol–water partition coefficient (Wildman–Crippen LogP) is 1.55. The van der Waals surface area contributed by atoms with Gasteiger partial charge in [0.05, 0.1) is 17.6 Å². The molecule has 1 atom stereocenters. The Labute approximate surface area is 120 Å². The fourth-order valence-electron chi connectivity index (χ4n) is 2.50. The molecule has 20 heavy (non-hydrogen) atoms. The van der Waals surface area contributed by atoms with Crippen LogP contribution in [0.3, 0.4) is 0 Å². The Bertz CT molecular complexity index is 446. The quantitative estimate of drug-likeness (QED) is 0.910. The molecule has 1 fully saturated rings. The molecule has 2 heterocycles. The highest BCUT2D eigenvalue weighted by molar-refractivity contribution is 5.73. The van der Waals surface area contributed by atoms with Crippen LogP contribution in [0.2, 0.25) is 0 Å². The molecule has 1 aliphatic heterocycles. The predicted molar refractivity (Wildman–Crippen MR) is 80.5 cm³/mol. The molecule has 0 aliphatic carbocycles. The fraction of sp³-hybridized carbons (Fsp3) is 0.600. The van der Waals surface area contributed by atoms with E-state index in [0.29, 0.717) is 0 Å². The van der Waals surface area contributed by atoms with Gasteiger partial charge in [-0.15, -0.1) is 0 Å². The first-order chi connectivity index (χ1) is 9.61. The van der Waals surface area contributed by atoms with Crippen molar-refractivity contribution in [1.82, 2.24) is 9.88 Å². The van der Waals surface area contributed by atoms with Crippen molar-refractivity contribution in [2.75, 3.05) is 31.1 Å². The number of aromatic nitrogens is 1. The van der Waals surface area contributed by atoms with Crippen LogP contribution in [-0.4, -0.2) is 42.0 Å². The van der Waals surface area contributed by atoms with Gasteiger partial charge in [0.25, 0.3) is 0 Å². The average molecular weight is 276 g/mol. The van der Waals surface area contributed by atoms with Crippen molar-refractivity contribution in [1.29, 1.82) is 0 Å². The Morgan fingerprint density at radius 1 is 1.35 bits per heavy atom. The van der Waals surface area contributed by atoms with Crippen molar-refractivity contribution in [3.05, 3.63) is 24.0 Å². The summed E-state index contributed by atoms with van der Waals surface area (Å²) in [5, 5.41) is 0. The lowest BCUT2D eigenvalue weighted by molar-refractivity contribution is -0.128. The molecule has 2 rings (SSSR count). The number of nitrogens with zero attached hydrogens (tertiary/aromatic N) is 3. The number of carbonyl (C=O) groups excluding carboxylic acids is 1. The third-order valence-corrected chi connectivity index (χ3v) is 3.90. The van der Waals surface area contributed by atoms with Gasteiger partial charge in [-0.25, -0.2) is 0 Å². The van der Waals surface area contributed by atoms with Gasteiger partial charge in [-0.05, 0) is 25.0 Å². The third-order valence-electron chi connectivity index (χ3n) is 3.90. The van der Waals surface area contributed by atoms with E-state index in [9.17, 15) is 4.79 Å². The fourth-order valence-corrected chi connectivity index (χ4v) is 2.50. The molecule has 1 aliphatic rings. The van der Waals surface area contributed by atoms with Gasteiger partial charge in [0.2, 0.25) is 5.91 Å². The minimum absolute atomic E-state index is 0.0152. The van der Waals surface area contributed by atoms with Crippen LogP contribution in [0.15, 0.2) is 18.3 Å². The Balaban J connectivity index is 2.02. The van der Waals surface area contributed by atoms with Gasteiger partial charge >= 0.3 is 0 Å². The Kier molecular flexibility index (Phi) is 4.95. The number of carbonyl (C=O) groups is 1. The monoisotopic (exact) mass is 276 g/mol. The zero-order valence-electron chi connectivity index (χ0n) is 12.4. The maximum absolute atomic E-state index is 11.4. The summed E-state index contributed by atoms with van der Waals surface area (Å²) >= 11 is 0. The van der Waals surface area contributed by atoms with Crippen LogP contribution in [-0.2, 0) is 4.79 Å². The van der Waals surface area contributed by atoms with Crippen molar-refractivity contribution in [3.8, 4) is 0 Å². The molecule has 1 amide bonds. The van der Waals surface area contributed by atoms with Crippen LogP contribution >= 0.6 is 0 Å². The summed E-state index contributed by atoms with van der Waals surface area (Å²) in [6, 6.07) is 4.11. The second-order valence-electron chi connectivity index (χ2n) is 5.30. The molecule has 5 heteroatoms. The van der Waals surface area contributed by atoms with Crippen molar-refractivity contribution in [3.63, 3.8) is 0 Å². The molecule has 0 radical (unpaired) electrons. The highest BCUT2D eigenvalue weighted by Crippen LogP contribution is 2.18. The highest BCUT2D eigenvalue weighted by Gasteiger charge is 2.17. The minimum Gasteiger partial charge on any atom is -0.368 e. The van der Waals surface area contributed by atoms with Crippen LogP contribution in [0.1, 0.15) is 38.4 Å². The standard InChI is InChI=1S/C15H24N4O/c1-3-14(16)15-6-5-13(11-17-15)19-8-4-7-18(9-10-19)12(2)20/h5-6,11,14H,3-4,7-10,16H2,1-2H3. The van der Waals surface area contributed by atoms with E-state index in [-0.39, 0.29) is 11.9 Å². The molecule has 0 bridgehead atoms. The summed E-state index contributed by atoms with van der Waals surface area (Å²) in [6.45, 7) is 7.15. The van der Waals surface area contributed by atoms with Gasteiger partial charge in [0, 0.05) is 39.1 Å². The lowest BCUT2D eigenvalue weighted by Gasteiger charge is -2.23. The van der Waals surface area contributed by atoms with Crippen LogP contribution in [0.25, 0.3) is 0 Å². The largest absolute Gasteiger partial charge is 0.368 e. The van der Waals surface area contributed by atoms with E-state index < -0.39 is 0 Å². The summed E-state index contributed by atoms with van der Waals surface area (Å²) in [5.41, 5.74) is 8.03. The zero-order chi connectivity index (χ0) is 14.5. The molecule has 1 aromatic rings. The highest BCUT2D eigenvalue weighted by atomic mass is 16.2. The normalized spacial score (nSPS) is 17.8. The summed E-state index contributed by atoms with van der Waals surface area (Å²) < 4.78 is 0. The number of hydrogen-bond acceptors (Lipinski definition) is 4. The lowest BCUT2D eigenvalue weighted by atomic mass is 10.1. The Morgan fingerprint density at radius 3 is 2.75 bits per heavy atom. The number of pyridine rings is 1. The summed E-state index contributed by atoms with van der Waals surface area (Å²) in [4.78, 5) is 20.1. The number of anilines is 1. The van der Waals surface area contributed by atoms with E-state index in [4.69, 9.17) is 5.73 Å². The molecular formula is C15H24N4O. The number of nitrogens with two attached hydrogens (primary N) is 1. The third kappa shape index (κ3) is 3.48.